The third-order valence-corrected chi connectivity index (χ3v) is 3.69. The second kappa shape index (κ2) is 5.22. The molecule has 0 N–H and O–H groups in total. The first-order valence-corrected chi connectivity index (χ1v) is 6.76. The van der Waals surface area contributed by atoms with Gasteiger partial charge in [-0.2, -0.15) is 5.10 Å². The Morgan fingerprint density at radius 1 is 1.56 bits per heavy atom. The topological polar surface area (TPSA) is 44.1 Å². The number of ether oxygens (including phenoxy) is 1. The summed E-state index contributed by atoms with van der Waals surface area (Å²) in [6, 6.07) is 1.99. The minimum Gasteiger partial charge on any atom is -0.367 e. The fraction of sp³-hybridized carbons (Fsp3) is 0.714. The maximum atomic E-state index is 12.4. The molecule has 1 unspecified atom stereocenters. The van der Waals surface area contributed by atoms with Crippen molar-refractivity contribution in [2.45, 2.75) is 58.6 Å². The first-order chi connectivity index (χ1) is 8.55. The fourth-order valence-corrected chi connectivity index (χ4v) is 2.52. The van der Waals surface area contributed by atoms with Crippen LogP contribution in [0.15, 0.2) is 6.07 Å². The van der Waals surface area contributed by atoms with Crippen LogP contribution in [0.25, 0.3) is 0 Å². The van der Waals surface area contributed by atoms with Crippen LogP contribution in [0.1, 0.15) is 44.5 Å². The molecule has 0 spiro atoms. The minimum atomic E-state index is -0.588. The van der Waals surface area contributed by atoms with Crippen LogP contribution < -0.4 is 0 Å². The van der Waals surface area contributed by atoms with Crippen molar-refractivity contribution in [2.24, 2.45) is 0 Å². The van der Waals surface area contributed by atoms with Crippen LogP contribution in [0.2, 0.25) is 0 Å². The van der Waals surface area contributed by atoms with Gasteiger partial charge < -0.3 is 4.74 Å². The number of aromatic nitrogens is 2. The summed E-state index contributed by atoms with van der Waals surface area (Å²) in [6.45, 7) is 7.43. The number of ketones is 1. The number of Topliss-reactive ketones (excluding diaryl/α,β-unsaturated/α-hetero) is 1. The first-order valence-electron chi connectivity index (χ1n) is 6.76. The molecular formula is C14H22N2O2. The van der Waals surface area contributed by atoms with Crippen LogP contribution in [-0.2, 0) is 22.5 Å². The lowest BCUT2D eigenvalue weighted by atomic mass is 9.89. The zero-order chi connectivity index (χ0) is 13.2. The van der Waals surface area contributed by atoms with Crippen molar-refractivity contribution in [3.05, 3.63) is 17.5 Å². The van der Waals surface area contributed by atoms with E-state index in [4.69, 9.17) is 4.74 Å². The first kappa shape index (κ1) is 13.3. The monoisotopic (exact) mass is 250 g/mol. The summed E-state index contributed by atoms with van der Waals surface area (Å²) in [7, 11) is 0. The van der Waals surface area contributed by atoms with Crippen molar-refractivity contribution in [1.29, 1.82) is 0 Å². The summed E-state index contributed by atoms with van der Waals surface area (Å²) in [5, 5.41) is 4.37. The number of hydrogen-bond acceptors (Lipinski definition) is 3. The molecule has 18 heavy (non-hydrogen) atoms. The number of hydrogen-bond donors (Lipinski definition) is 0. The van der Waals surface area contributed by atoms with E-state index in [0.717, 1.165) is 37.2 Å². The molecule has 0 aliphatic carbocycles. The number of rotatable bonds is 4. The second-order valence-corrected chi connectivity index (χ2v) is 5.23. The highest BCUT2D eigenvalue weighted by molar-refractivity contribution is 5.88. The molecule has 0 radical (unpaired) electrons. The summed E-state index contributed by atoms with van der Waals surface area (Å²) in [5.41, 5.74) is 1.37. The Balaban J connectivity index is 2.10. The average molecular weight is 250 g/mol. The van der Waals surface area contributed by atoms with Gasteiger partial charge in [0.25, 0.3) is 0 Å². The number of carbonyl (C=O) groups excluding carboxylic acids is 1. The van der Waals surface area contributed by atoms with Crippen LogP contribution in [-0.4, -0.2) is 27.8 Å². The van der Waals surface area contributed by atoms with E-state index in [2.05, 4.69) is 5.10 Å². The number of carbonyl (C=O) groups is 1. The lowest BCUT2D eigenvalue weighted by molar-refractivity contribution is -0.147. The molecule has 2 rings (SSSR count). The molecule has 0 amide bonds. The predicted molar refractivity (Wildman–Crippen MR) is 69.6 cm³/mol. The molecule has 1 aliphatic rings. The van der Waals surface area contributed by atoms with Gasteiger partial charge in [0.15, 0.2) is 5.78 Å². The van der Waals surface area contributed by atoms with E-state index < -0.39 is 5.60 Å². The van der Waals surface area contributed by atoms with Gasteiger partial charge >= 0.3 is 0 Å². The quantitative estimate of drug-likeness (QED) is 0.823. The van der Waals surface area contributed by atoms with Gasteiger partial charge in [-0.3, -0.25) is 9.48 Å². The Morgan fingerprint density at radius 3 is 2.94 bits per heavy atom. The SMILES string of the molecule is CCn1nc(C)cc1CC(=O)C1(C)CCCCO1. The molecule has 4 heteroatoms. The molecule has 0 saturated carbocycles. The van der Waals surface area contributed by atoms with Gasteiger partial charge in [0.05, 0.1) is 12.1 Å². The Kier molecular flexibility index (Phi) is 3.85. The Hall–Kier alpha value is -1.16. The third-order valence-electron chi connectivity index (χ3n) is 3.69. The normalized spacial score (nSPS) is 24.2. The maximum Gasteiger partial charge on any atom is 0.170 e. The molecule has 0 bridgehead atoms. The van der Waals surface area contributed by atoms with E-state index >= 15 is 0 Å². The van der Waals surface area contributed by atoms with Crippen molar-refractivity contribution in [3.8, 4) is 0 Å². The molecule has 1 atom stereocenters. The van der Waals surface area contributed by atoms with Crippen LogP contribution in [0, 0.1) is 6.92 Å². The van der Waals surface area contributed by atoms with Gasteiger partial charge in [0.1, 0.15) is 5.60 Å². The van der Waals surface area contributed by atoms with Gasteiger partial charge in [-0.15, -0.1) is 0 Å². The lowest BCUT2D eigenvalue weighted by Crippen LogP contribution is -2.42. The van der Waals surface area contributed by atoms with Crippen LogP contribution in [0.5, 0.6) is 0 Å². The van der Waals surface area contributed by atoms with E-state index in [9.17, 15) is 4.79 Å². The summed E-state index contributed by atoms with van der Waals surface area (Å²) >= 11 is 0. The molecule has 1 fully saturated rings. The average Bonchev–Trinajstić information content (AvgIpc) is 2.70. The smallest absolute Gasteiger partial charge is 0.170 e. The number of nitrogens with zero attached hydrogens (tertiary/aromatic N) is 2. The molecule has 0 aromatic carbocycles. The molecule has 100 valence electrons. The fourth-order valence-electron chi connectivity index (χ4n) is 2.52. The van der Waals surface area contributed by atoms with Gasteiger partial charge in [-0.05, 0) is 46.1 Å². The van der Waals surface area contributed by atoms with Crippen LogP contribution >= 0.6 is 0 Å². The van der Waals surface area contributed by atoms with Gasteiger partial charge in [0.2, 0.25) is 0 Å². The molecule has 4 nitrogen and oxygen atoms in total. The van der Waals surface area contributed by atoms with E-state index in [1.54, 1.807) is 0 Å². The van der Waals surface area contributed by atoms with Crippen molar-refractivity contribution in [3.63, 3.8) is 0 Å². The van der Waals surface area contributed by atoms with Crippen molar-refractivity contribution < 1.29 is 9.53 Å². The maximum absolute atomic E-state index is 12.4. The summed E-state index contributed by atoms with van der Waals surface area (Å²) in [6.07, 6.45) is 3.40. The lowest BCUT2D eigenvalue weighted by Gasteiger charge is -2.32. The number of aryl methyl sites for hydroxylation is 2. The van der Waals surface area contributed by atoms with E-state index in [-0.39, 0.29) is 5.78 Å². The summed E-state index contributed by atoms with van der Waals surface area (Å²) < 4.78 is 7.60. The standard InChI is InChI=1S/C14H22N2O2/c1-4-16-12(9-11(2)15-16)10-13(17)14(3)7-5-6-8-18-14/h9H,4-8,10H2,1-3H3. The van der Waals surface area contributed by atoms with E-state index in [0.29, 0.717) is 13.0 Å². The highest BCUT2D eigenvalue weighted by atomic mass is 16.5. The van der Waals surface area contributed by atoms with Gasteiger partial charge in [-0.25, -0.2) is 0 Å². The Morgan fingerprint density at radius 2 is 2.33 bits per heavy atom. The van der Waals surface area contributed by atoms with Crippen LogP contribution in [0.3, 0.4) is 0 Å². The summed E-state index contributed by atoms with van der Waals surface area (Å²) in [5.74, 6) is 0.178. The highest BCUT2D eigenvalue weighted by Crippen LogP contribution is 2.26. The highest BCUT2D eigenvalue weighted by Gasteiger charge is 2.35. The second-order valence-electron chi connectivity index (χ2n) is 5.23. The molecule has 1 aromatic heterocycles. The van der Waals surface area contributed by atoms with Crippen molar-refractivity contribution >= 4 is 5.78 Å². The third kappa shape index (κ3) is 2.64. The molecule has 1 saturated heterocycles. The molecule has 2 heterocycles. The molecule has 1 aromatic rings. The van der Waals surface area contributed by atoms with E-state index in [1.165, 1.54) is 0 Å². The molecule has 1 aliphatic heterocycles. The zero-order valence-corrected chi connectivity index (χ0v) is 11.5. The van der Waals surface area contributed by atoms with Crippen LogP contribution in [0.4, 0.5) is 0 Å². The van der Waals surface area contributed by atoms with Gasteiger partial charge in [-0.1, -0.05) is 0 Å². The van der Waals surface area contributed by atoms with Crippen molar-refractivity contribution in [2.75, 3.05) is 6.61 Å². The van der Waals surface area contributed by atoms with Gasteiger partial charge in [0, 0.05) is 18.8 Å². The Bertz CT molecular complexity index is 431. The van der Waals surface area contributed by atoms with Crippen molar-refractivity contribution in [1.82, 2.24) is 9.78 Å². The molecular weight excluding hydrogens is 228 g/mol. The Labute approximate surface area is 108 Å². The predicted octanol–water partition coefficient (Wildman–Crippen LogP) is 2.28. The minimum absolute atomic E-state index is 0.178. The summed E-state index contributed by atoms with van der Waals surface area (Å²) in [4.78, 5) is 12.4. The zero-order valence-electron chi connectivity index (χ0n) is 11.5. The van der Waals surface area contributed by atoms with E-state index in [1.807, 2.05) is 31.5 Å². The largest absolute Gasteiger partial charge is 0.367 e.